The number of rotatable bonds is 2. The largest absolute Gasteiger partial charge is 0.482 e. The molecule has 2 amide bonds. The number of nitrogens with one attached hydrogen (secondary N) is 2. The van der Waals surface area contributed by atoms with E-state index in [4.69, 9.17) is 16.3 Å². The second-order valence-electron chi connectivity index (χ2n) is 6.29. The summed E-state index contributed by atoms with van der Waals surface area (Å²) < 4.78 is 5.36. The average Bonchev–Trinajstić information content (AvgIpc) is 2.67. The van der Waals surface area contributed by atoms with Gasteiger partial charge in [0.15, 0.2) is 6.61 Å². The fourth-order valence-electron chi connectivity index (χ4n) is 3.35. The molecule has 2 aliphatic rings. The van der Waals surface area contributed by atoms with Crippen LogP contribution in [0.5, 0.6) is 5.75 Å². The molecule has 2 aliphatic heterocycles. The minimum Gasteiger partial charge on any atom is -0.482 e. The zero-order valence-corrected chi connectivity index (χ0v) is 14.8. The van der Waals surface area contributed by atoms with Gasteiger partial charge in [0.1, 0.15) is 5.75 Å². The fourth-order valence-corrected chi connectivity index (χ4v) is 3.61. The van der Waals surface area contributed by atoms with E-state index < -0.39 is 0 Å². The zero-order chi connectivity index (χ0) is 18.1. The number of benzene rings is 2. The summed E-state index contributed by atoms with van der Waals surface area (Å²) in [7, 11) is 0. The van der Waals surface area contributed by atoms with E-state index in [1.54, 1.807) is 18.2 Å². The molecular formula is C19H18ClN3O3. The molecular weight excluding hydrogens is 354 g/mol. The zero-order valence-electron chi connectivity index (χ0n) is 14.0. The molecule has 2 aromatic carbocycles. The van der Waals surface area contributed by atoms with E-state index in [2.05, 4.69) is 10.6 Å². The summed E-state index contributed by atoms with van der Waals surface area (Å²) in [5, 5.41) is 6.71. The third-order valence-corrected chi connectivity index (χ3v) is 4.97. The van der Waals surface area contributed by atoms with Crippen molar-refractivity contribution in [1.82, 2.24) is 10.2 Å². The molecule has 134 valence electrons. The molecule has 0 bridgehead atoms. The van der Waals surface area contributed by atoms with Gasteiger partial charge in [0.05, 0.1) is 11.7 Å². The Kier molecular flexibility index (Phi) is 4.53. The smallest absolute Gasteiger partial charge is 0.262 e. The van der Waals surface area contributed by atoms with Gasteiger partial charge in [-0.05, 0) is 29.8 Å². The Morgan fingerprint density at radius 3 is 2.92 bits per heavy atom. The first-order valence-electron chi connectivity index (χ1n) is 8.46. The summed E-state index contributed by atoms with van der Waals surface area (Å²) >= 11 is 6.35. The lowest BCUT2D eigenvalue weighted by atomic mass is 10.0. The maximum Gasteiger partial charge on any atom is 0.262 e. The number of amides is 2. The van der Waals surface area contributed by atoms with Crippen LogP contribution in [0.4, 0.5) is 5.69 Å². The molecule has 4 rings (SSSR count). The summed E-state index contributed by atoms with van der Waals surface area (Å²) in [6.07, 6.45) is 0. The second-order valence-corrected chi connectivity index (χ2v) is 6.69. The number of anilines is 1. The van der Waals surface area contributed by atoms with Crippen molar-refractivity contribution < 1.29 is 14.3 Å². The van der Waals surface area contributed by atoms with Gasteiger partial charge in [0.25, 0.3) is 11.8 Å². The normalized spacial score (nSPS) is 19.3. The van der Waals surface area contributed by atoms with E-state index >= 15 is 0 Å². The lowest BCUT2D eigenvalue weighted by Gasteiger charge is -2.37. The third kappa shape index (κ3) is 3.13. The van der Waals surface area contributed by atoms with Crippen LogP contribution in [0.2, 0.25) is 5.02 Å². The molecule has 26 heavy (non-hydrogen) atoms. The van der Waals surface area contributed by atoms with Crippen LogP contribution in [0.3, 0.4) is 0 Å². The van der Waals surface area contributed by atoms with E-state index in [9.17, 15) is 9.59 Å². The Morgan fingerprint density at radius 1 is 1.23 bits per heavy atom. The van der Waals surface area contributed by atoms with E-state index in [1.807, 2.05) is 29.2 Å². The summed E-state index contributed by atoms with van der Waals surface area (Å²) in [6.45, 7) is 1.93. The lowest BCUT2D eigenvalue weighted by molar-refractivity contribution is -0.118. The Balaban J connectivity index is 1.65. The van der Waals surface area contributed by atoms with Gasteiger partial charge in [-0.15, -0.1) is 0 Å². The first-order valence-corrected chi connectivity index (χ1v) is 8.84. The minimum atomic E-state index is -0.224. The Bertz CT molecular complexity index is 871. The van der Waals surface area contributed by atoms with Crippen LogP contribution in [0.1, 0.15) is 22.0 Å². The number of carbonyl (C=O) groups excluding carboxylic acids is 2. The Labute approximate surface area is 156 Å². The quantitative estimate of drug-likeness (QED) is 0.850. The molecule has 2 N–H and O–H groups in total. The topological polar surface area (TPSA) is 70.7 Å². The highest BCUT2D eigenvalue weighted by Crippen LogP contribution is 2.32. The van der Waals surface area contributed by atoms with Crippen molar-refractivity contribution in [3.8, 4) is 5.75 Å². The Morgan fingerprint density at radius 2 is 2.08 bits per heavy atom. The molecule has 0 saturated carbocycles. The fraction of sp³-hybridized carbons (Fsp3) is 0.263. The first kappa shape index (κ1) is 16.9. The summed E-state index contributed by atoms with van der Waals surface area (Å²) in [6, 6.07) is 12.5. The number of halogens is 1. The maximum atomic E-state index is 13.2. The van der Waals surface area contributed by atoms with Crippen molar-refractivity contribution in [2.24, 2.45) is 0 Å². The van der Waals surface area contributed by atoms with Crippen LogP contribution in [-0.4, -0.2) is 43.0 Å². The molecule has 1 fully saturated rings. The van der Waals surface area contributed by atoms with Gasteiger partial charge in [-0.2, -0.15) is 0 Å². The van der Waals surface area contributed by atoms with Crippen molar-refractivity contribution in [1.29, 1.82) is 0 Å². The summed E-state index contributed by atoms with van der Waals surface area (Å²) in [4.78, 5) is 26.5. The third-order valence-electron chi connectivity index (χ3n) is 4.63. The van der Waals surface area contributed by atoms with E-state index in [-0.39, 0.29) is 24.5 Å². The standard InChI is InChI=1S/C19H18ClN3O3/c20-14-4-2-1-3-13(14)16-10-21-7-8-23(16)19(25)12-5-6-17-15(9-12)22-18(24)11-26-17/h1-6,9,16,21H,7-8,10-11H2,(H,22,24). The number of nitrogens with zero attached hydrogens (tertiary/aromatic N) is 1. The maximum absolute atomic E-state index is 13.2. The van der Waals surface area contributed by atoms with Gasteiger partial charge in [-0.3, -0.25) is 9.59 Å². The molecule has 2 aromatic rings. The van der Waals surface area contributed by atoms with E-state index in [0.29, 0.717) is 35.1 Å². The van der Waals surface area contributed by atoms with Crippen molar-refractivity contribution in [3.63, 3.8) is 0 Å². The van der Waals surface area contributed by atoms with E-state index in [1.165, 1.54) is 0 Å². The molecule has 0 aromatic heterocycles. The second kappa shape index (κ2) is 6.97. The van der Waals surface area contributed by atoms with Crippen LogP contribution in [0, 0.1) is 0 Å². The number of carbonyl (C=O) groups is 2. The molecule has 1 atom stereocenters. The number of fused-ring (bicyclic) bond motifs is 1. The number of ether oxygens (including phenoxy) is 1. The van der Waals surface area contributed by atoms with Crippen molar-refractivity contribution >= 4 is 29.1 Å². The monoisotopic (exact) mass is 371 g/mol. The highest BCUT2D eigenvalue weighted by Gasteiger charge is 2.30. The van der Waals surface area contributed by atoms with Crippen molar-refractivity contribution in [2.45, 2.75) is 6.04 Å². The average molecular weight is 372 g/mol. The Hall–Kier alpha value is -2.57. The molecule has 0 aliphatic carbocycles. The van der Waals surface area contributed by atoms with E-state index in [0.717, 1.165) is 12.1 Å². The number of hydrogen-bond donors (Lipinski definition) is 2. The van der Waals surface area contributed by atoms with Crippen molar-refractivity contribution in [3.05, 3.63) is 58.6 Å². The SMILES string of the molecule is O=C1COc2ccc(C(=O)N3CCNCC3c3ccccc3Cl)cc2N1. The van der Waals surface area contributed by atoms with Gasteiger partial charge >= 0.3 is 0 Å². The van der Waals surface area contributed by atoms with Crippen LogP contribution in [0.15, 0.2) is 42.5 Å². The first-order chi connectivity index (χ1) is 12.6. The number of hydrogen-bond acceptors (Lipinski definition) is 4. The van der Waals surface area contributed by atoms with Gasteiger partial charge < -0.3 is 20.3 Å². The molecule has 7 heteroatoms. The molecule has 0 radical (unpaired) electrons. The lowest BCUT2D eigenvalue weighted by Crippen LogP contribution is -2.48. The van der Waals surface area contributed by atoms with Gasteiger partial charge in [-0.1, -0.05) is 29.8 Å². The van der Waals surface area contributed by atoms with Gasteiger partial charge in [0.2, 0.25) is 0 Å². The van der Waals surface area contributed by atoms with Gasteiger partial charge in [-0.25, -0.2) is 0 Å². The summed E-state index contributed by atoms with van der Waals surface area (Å²) in [5.74, 6) is 0.251. The predicted octanol–water partition coefficient (Wildman–Crippen LogP) is 2.46. The highest BCUT2D eigenvalue weighted by atomic mass is 35.5. The van der Waals surface area contributed by atoms with Crippen LogP contribution in [0.25, 0.3) is 0 Å². The van der Waals surface area contributed by atoms with Crippen LogP contribution >= 0.6 is 11.6 Å². The minimum absolute atomic E-state index is 0.00727. The highest BCUT2D eigenvalue weighted by molar-refractivity contribution is 6.31. The summed E-state index contributed by atoms with van der Waals surface area (Å²) in [5.41, 5.74) is 1.95. The van der Waals surface area contributed by atoms with Crippen LogP contribution in [-0.2, 0) is 4.79 Å². The molecule has 1 unspecified atom stereocenters. The van der Waals surface area contributed by atoms with Crippen LogP contribution < -0.4 is 15.4 Å². The molecule has 6 nitrogen and oxygen atoms in total. The molecule has 0 spiro atoms. The van der Waals surface area contributed by atoms with Crippen molar-refractivity contribution in [2.75, 3.05) is 31.6 Å². The molecule has 2 heterocycles. The predicted molar refractivity (Wildman–Crippen MR) is 98.7 cm³/mol. The number of piperazine rings is 1. The van der Waals surface area contributed by atoms with Gasteiger partial charge in [0, 0.05) is 30.2 Å². The molecule has 1 saturated heterocycles.